The number of hydrogen-bond acceptors (Lipinski definition) is 1. The molecule has 58 valence electrons. The van der Waals surface area contributed by atoms with Gasteiger partial charge in [0.1, 0.15) is 0 Å². The zero-order chi connectivity index (χ0) is 7.56. The van der Waals surface area contributed by atoms with Gasteiger partial charge in [-0.25, -0.2) is 0 Å². The second-order valence-corrected chi connectivity index (χ2v) is 3.37. The first-order chi connectivity index (χ1) is 4.70. The van der Waals surface area contributed by atoms with Crippen molar-refractivity contribution >= 4 is 0 Å². The molecule has 0 unspecified atom stereocenters. The van der Waals surface area contributed by atoms with Gasteiger partial charge < -0.3 is 5.11 Å². The molecule has 0 aromatic carbocycles. The third kappa shape index (κ3) is 1.84. The molecule has 1 aliphatic rings. The standard InChI is InChI=1S/C9H16O/c1-7-3-5-8(2)9(10)6-4-7/h8-10H,1,3-6H2,2H3/t8-,9+/m0/s1. The van der Waals surface area contributed by atoms with Crippen LogP contribution in [0.25, 0.3) is 0 Å². The van der Waals surface area contributed by atoms with Gasteiger partial charge >= 0.3 is 0 Å². The molecule has 0 saturated heterocycles. The molecule has 0 aromatic heterocycles. The molecule has 0 aromatic rings. The number of hydrogen-bond donors (Lipinski definition) is 1. The fourth-order valence-electron chi connectivity index (χ4n) is 1.39. The van der Waals surface area contributed by atoms with E-state index in [9.17, 15) is 5.11 Å². The van der Waals surface area contributed by atoms with Crippen molar-refractivity contribution in [1.29, 1.82) is 0 Å². The summed E-state index contributed by atoms with van der Waals surface area (Å²) in [7, 11) is 0. The highest BCUT2D eigenvalue weighted by atomic mass is 16.3. The van der Waals surface area contributed by atoms with Gasteiger partial charge in [0.15, 0.2) is 0 Å². The average Bonchev–Trinajstić information content (AvgIpc) is 2.04. The normalized spacial score (nSPS) is 35.6. The molecule has 1 N–H and O–H groups in total. The van der Waals surface area contributed by atoms with Crippen LogP contribution in [0.1, 0.15) is 32.6 Å². The Balaban J connectivity index is 2.46. The largest absolute Gasteiger partial charge is 0.393 e. The van der Waals surface area contributed by atoms with Crippen LogP contribution in [-0.2, 0) is 0 Å². The maximum atomic E-state index is 9.43. The van der Waals surface area contributed by atoms with E-state index in [0.29, 0.717) is 5.92 Å². The van der Waals surface area contributed by atoms with Crippen LogP contribution in [0.5, 0.6) is 0 Å². The Morgan fingerprint density at radius 1 is 1.40 bits per heavy atom. The summed E-state index contributed by atoms with van der Waals surface area (Å²) in [4.78, 5) is 0. The summed E-state index contributed by atoms with van der Waals surface area (Å²) < 4.78 is 0. The molecule has 2 atom stereocenters. The summed E-state index contributed by atoms with van der Waals surface area (Å²) in [5.41, 5.74) is 1.31. The fourth-order valence-corrected chi connectivity index (χ4v) is 1.39. The molecule has 0 spiro atoms. The van der Waals surface area contributed by atoms with E-state index in [4.69, 9.17) is 0 Å². The lowest BCUT2D eigenvalue weighted by molar-refractivity contribution is 0.110. The summed E-state index contributed by atoms with van der Waals surface area (Å²) in [5.74, 6) is 0.472. The van der Waals surface area contributed by atoms with Crippen molar-refractivity contribution < 1.29 is 5.11 Å². The van der Waals surface area contributed by atoms with Gasteiger partial charge in [0.05, 0.1) is 6.10 Å². The molecule has 0 amide bonds. The van der Waals surface area contributed by atoms with Crippen LogP contribution in [0.15, 0.2) is 12.2 Å². The van der Waals surface area contributed by atoms with Crippen molar-refractivity contribution in [3.05, 3.63) is 12.2 Å². The minimum absolute atomic E-state index is 0.0840. The van der Waals surface area contributed by atoms with Crippen LogP contribution in [-0.4, -0.2) is 11.2 Å². The predicted octanol–water partition coefficient (Wildman–Crippen LogP) is 2.11. The zero-order valence-electron chi connectivity index (χ0n) is 6.64. The van der Waals surface area contributed by atoms with Gasteiger partial charge in [-0.2, -0.15) is 0 Å². The molecule has 1 rings (SSSR count). The van der Waals surface area contributed by atoms with Gasteiger partial charge in [-0.3, -0.25) is 0 Å². The van der Waals surface area contributed by atoms with E-state index in [1.165, 1.54) is 5.57 Å². The van der Waals surface area contributed by atoms with E-state index < -0.39 is 0 Å². The molecular formula is C9H16O. The summed E-state index contributed by atoms with van der Waals surface area (Å²) in [6.07, 6.45) is 4.07. The van der Waals surface area contributed by atoms with Crippen LogP contribution < -0.4 is 0 Å². The minimum atomic E-state index is -0.0840. The van der Waals surface area contributed by atoms with Crippen LogP contribution in [0, 0.1) is 5.92 Å². The third-order valence-corrected chi connectivity index (χ3v) is 2.40. The highest BCUT2D eigenvalue weighted by Gasteiger charge is 2.17. The molecule has 0 radical (unpaired) electrons. The lowest BCUT2D eigenvalue weighted by Gasteiger charge is -2.13. The predicted molar refractivity (Wildman–Crippen MR) is 42.8 cm³/mol. The SMILES string of the molecule is C=C1CC[C@@H](O)[C@@H](C)CC1. The molecule has 0 aliphatic heterocycles. The number of allylic oxidation sites excluding steroid dienone is 1. The topological polar surface area (TPSA) is 20.2 Å². The maximum Gasteiger partial charge on any atom is 0.0568 e. The third-order valence-electron chi connectivity index (χ3n) is 2.40. The molecular weight excluding hydrogens is 124 g/mol. The molecule has 1 heteroatoms. The Labute approximate surface area is 62.8 Å². The average molecular weight is 140 g/mol. The van der Waals surface area contributed by atoms with E-state index in [1.807, 2.05) is 0 Å². The lowest BCUT2D eigenvalue weighted by atomic mass is 10.0. The van der Waals surface area contributed by atoms with Crippen molar-refractivity contribution in [2.45, 2.75) is 38.7 Å². The van der Waals surface area contributed by atoms with Crippen molar-refractivity contribution in [2.75, 3.05) is 0 Å². The first-order valence-electron chi connectivity index (χ1n) is 4.05. The van der Waals surface area contributed by atoms with Gasteiger partial charge in [0.2, 0.25) is 0 Å². The fraction of sp³-hybridized carbons (Fsp3) is 0.778. The second-order valence-electron chi connectivity index (χ2n) is 3.37. The Kier molecular flexibility index (Phi) is 2.50. The summed E-state index contributed by atoms with van der Waals surface area (Å²) in [6.45, 7) is 6.05. The van der Waals surface area contributed by atoms with Gasteiger partial charge in [0, 0.05) is 0 Å². The van der Waals surface area contributed by atoms with Crippen LogP contribution in [0.4, 0.5) is 0 Å². The molecule has 1 aliphatic carbocycles. The molecule has 10 heavy (non-hydrogen) atoms. The number of aliphatic hydroxyl groups is 1. The summed E-state index contributed by atoms with van der Waals surface area (Å²) in [6, 6.07) is 0. The minimum Gasteiger partial charge on any atom is -0.393 e. The molecule has 1 saturated carbocycles. The van der Waals surface area contributed by atoms with E-state index >= 15 is 0 Å². The van der Waals surface area contributed by atoms with Gasteiger partial charge in [-0.1, -0.05) is 19.1 Å². The quantitative estimate of drug-likeness (QED) is 0.403. The van der Waals surface area contributed by atoms with Crippen molar-refractivity contribution in [3.63, 3.8) is 0 Å². The van der Waals surface area contributed by atoms with Crippen molar-refractivity contribution in [2.24, 2.45) is 5.92 Å². The smallest absolute Gasteiger partial charge is 0.0568 e. The zero-order valence-corrected chi connectivity index (χ0v) is 6.64. The van der Waals surface area contributed by atoms with Crippen LogP contribution in [0.2, 0.25) is 0 Å². The monoisotopic (exact) mass is 140 g/mol. The van der Waals surface area contributed by atoms with Crippen LogP contribution >= 0.6 is 0 Å². The Hall–Kier alpha value is -0.300. The highest BCUT2D eigenvalue weighted by Crippen LogP contribution is 2.25. The van der Waals surface area contributed by atoms with E-state index in [2.05, 4.69) is 13.5 Å². The Morgan fingerprint density at radius 2 is 2.00 bits per heavy atom. The van der Waals surface area contributed by atoms with E-state index in [1.54, 1.807) is 0 Å². The number of aliphatic hydroxyl groups excluding tert-OH is 1. The van der Waals surface area contributed by atoms with E-state index in [0.717, 1.165) is 25.7 Å². The van der Waals surface area contributed by atoms with Crippen molar-refractivity contribution in [3.8, 4) is 0 Å². The first-order valence-corrected chi connectivity index (χ1v) is 4.05. The second kappa shape index (κ2) is 3.20. The maximum absolute atomic E-state index is 9.43. The van der Waals surface area contributed by atoms with Gasteiger partial charge in [-0.05, 0) is 31.6 Å². The Morgan fingerprint density at radius 3 is 2.70 bits per heavy atom. The molecule has 0 heterocycles. The summed E-state index contributed by atoms with van der Waals surface area (Å²) >= 11 is 0. The Bertz CT molecular complexity index is 115. The van der Waals surface area contributed by atoms with Gasteiger partial charge in [-0.15, -0.1) is 0 Å². The highest BCUT2D eigenvalue weighted by molar-refractivity contribution is 4.97. The molecule has 0 bridgehead atoms. The summed E-state index contributed by atoms with van der Waals surface area (Å²) in [5, 5.41) is 9.43. The molecule has 1 nitrogen and oxygen atoms in total. The molecule has 1 fully saturated rings. The number of rotatable bonds is 0. The van der Waals surface area contributed by atoms with Crippen molar-refractivity contribution in [1.82, 2.24) is 0 Å². The van der Waals surface area contributed by atoms with E-state index in [-0.39, 0.29) is 6.10 Å². The first kappa shape index (κ1) is 7.80. The lowest BCUT2D eigenvalue weighted by Crippen LogP contribution is -2.14. The van der Waals surface area contributed by atoms with Gasteiger partial charge in [0.25, 0.3) is 0 Å². The van der Waals surface area contributed by atoms with Crippen LogP contribution in [0.3, 0.4) is 0 Å².